The normalized spacial score (nSPS) is 20.5. The highest BCUT2D eigenvalue weighted by molar-refractivity contribution is 6.31. The lowest BCUT2D eigenvalue weighted by atomic mass is 10.1. The van der Waals surface area contributed by atoms with E-state index in [1.165, 1.54) is 18.9 Å². The van der Waals surface area contributed by atoms with Crippen LogP contribution in [0.4, 0.5) is 4.39 Å². The molecule has 1 saturated heterocycles. The summed E-state index contributed by atoms with van der Waals surface area (Å²) in [6, 6.07) is 5.60. The van der Waals surface area contributed by atoms with Gasteiger partial charge in [0.15, 0.2) is 0 Å². The molecule has 2 rings (SSSR count). The van der Waals surface area contributed by atoms with Crippen LogP contribution >= 0.6 is 23.2 Å². The van der Waals surface area contributed by atoms with Gasteiger partial charge in [0.2, 0.25) is 0 Å². The predicted molar refractivity (Wildman–Crippen MR) is 74.8 cm³/mol. The molecule has 0 radical (unpaired) electrons. The lowest BCUT2D eigenvalue weighted by molar-refractivity contribution is 0.233. The van der Waals surface area contributed by atoms with Crippen molar-refractivity contribution in [2.24, 2.45) is 0 Å². The Morgan fingerprint density at radius 1 is 1.39 bits per heavy atom. The fourth-order valence-electron chi connectivity index (χ4n) is 2.63. The highest BCUT2D eigenvalue weighted by atomic mass is 35.5. The zero-order valence-corrected chi connectivity index (χ0v) is 11.9. The van der Waals surface area contributed by atoms with E-state index in [1.54, 1.807) is 6.07 Å². The van der Waals surface area contributed by atoms with E-state index in [4.69, 9.17) is 23.2 Å². The van der Waals surface area contributed by atoms with Crippen LogP contribution in [-0.4, -0.2) is 23.4 Å². The summed E-state index contributed by atoms with van der Waals surface area (Å²) >= 11 is 11.7. The van der Waals surface area contributed by atoms with Crippen molar-refractivity contribution in [2.45, 2.75) is 38.3 Å². The number of rotatable bonds is 5. The molecule has 1 heterocycles. The first-order chi connectivity index (χ1) is 8.72. The highest BCUT2D eigenvalue weighted by Crippen LogP contribution is 2.27. The maximum absolute atomic E-state index is 13.4. The van der Waals surface area contributed by atoms with Crippen LogP contribution in [0.5, 0.6) is 0 Å². The summed E-state index contributed by atoms with van der Waals surface area (Å²) in [5, 5.41) is 0.264. The van der Waals surface area contributed by atoms with Crippen molar-refractivity contribution in [3.05, 3.63) is 34.6 Å². The molecule has 1 fully saturated rings. The first-order valence-electron chi connectivity index (χ1n) is 6.45. The van der Waals surface area contributed by atoms with E-state index in [2.05, 4.69) is 4.90 Å². The molecule has 1 atom stereocenters. The van der Waals surface area contributed by atoms with Crippen LogP contribution in [-0.2, 0) is 6.54 Å². The third-order valence-corrected chi connectivity index (χ3v) is 4.27. The molecule has 18 heavy (non-hydrogen) atoms. The van der Waals surface area contributed by atoms with E-state index >= 15 is 0 Å². The maximum Gasteiger partial charge on any atom is 0.142 e. The molecular weight excluding hydrogens is 272 g/mol. The Morgan fingerprint density at radius 2 is 2.22 bits per heavy atom. The molecule has 1 aromatic carbocycles. The predicted octanol–water partition coefficient (Wildman–Crippen LogP) is 4.46. The highest BCUT2D eigenvalue weighted by Gasteiger charge is 2.24. The molecule has 0 bridgehead atoms. The number of hydrogen-bond acceptors (Lipinski definition) is 1. The molecule has 1 aromatic rings. The van der Waals surface area contributed by atoms with Gasteiger partial charge < -0.3 is 0 Å². The van der Waals surface area contributed by atoms with Crippen molar-refractivity contribution in [2.75, 3.05) is 12.4 Å². The van der Waals surface area contributed by atoms with Crippen LogP contribution < -0.4 is 0 Å². The number of likely N-dealkylation sites (tertiary alicyclic amines) is 1. The van der Waals surface area contributed by atoms with Crippen molar-refractivity contribution in [1.29, 1.82) is 0 Å². The van der Waals surface area contributed by atoms with Crippen LogP contribution in [0.3, 0.4) is 0 Å². The van der Waals surface area contributed by atoms with Gasteiger partial charge >= 0.3 is 0 Å². The fraction of sp³-hybridized carbons (Fsp3) is 0.571. The quantitative estimate of drug-likeness (QED) is 0.724. The Labute approximate surface area is 118 Å². The number of hydrogen-bond donors (Lipinski definition) is 0. The average Bonchev–Trinajstić information content (AvgIpc) is 2.80. The Balaban J connectivity index is 2.01. The molecule has 1 nitrogen and oxygen atoms in total. The molecule has 4 heteroatoms. The van der Waals surface area contributed by atoms with Crippen molar-refractivity contribution in [3.8, 4) is 0 Å². The van der Waals surface area contributed by atoms with Crippen molar-refractivity contribution < 1.29 is 4.39 Å². The molecular formula is C14H18Cl2FN. The summed E-state index contributed by atoms with van der Waals surface area (Å²) < 4.78 is 13.4. The third kappa shape index (κ3) is 3.37. The Hall–Kier alpha value is -0.310. The lowest BCUT2D eigenvalue weighted by Crippen LogP contribution is -2.29. The van der Waals surface area contributed by atoms with Crippen LogP contribution in [0.25, 0.3) is 0 Å². The van der Waals surface area contributed by atoms with Crippen LogP contribution in [0.15, 0.2) is 18.2 Å². The minimum atomic E-state index is -0.328. The summed E-state index contributed by atoms with van der Waals surface area (Å²) in [7, 11) is 0. The molecule has 0 saturated carbocycles. The Morgan fingerprint density at radius 3 is 3.00 bits per heavy atom. The van der Waals surface area contributed by atoms with Gasteiger partial charge in [-0.25, -0.2) is 4.39 Å². The van der Waals surface area contributed by atoms with Gasteiger partial charge in [-0.05, 0) is 43.9 Å². The van der Waals surface area contributed by atoms with Gasteiger partial charge in [0.1, 0.15) is 5.82 Å². The molecule has 1 aliphatic rings. The minimum absolute atomic E-state index is 0.264. The summed E-state index contributed by atoms with van der Waals surface area (Å²) in [5.41, 5.74) is 0.884. The fourth-order valence-corrected chi connectivity index (χ4v) is 2.97. The molecule has 100 valence electrons. The largest absolute Gasteiger partial charge is 0.296 e. The molecule has 1 unspecified atom stereocenters. The van der Waals surface area contributed by atoms with Gasteiger partial charge in [-0.3, -0.25) is 4.90 Å². The molecule has 0 aliphatic carbocycles. The van der Waals surface area contributed by atoms with Gasteiger partial charge in [0.25, 0.3) is 0 Å². The van der Waals surface area contributed by atoms with Gasteiger partial charge in [0.05, 0.1) is 5.02 Å². The summed E-state index contributed by atoms with van der Waals surface area (Å²) in [6.07, 6.45) is 4.58. The number of nitrogens with zero attached hydrogens (tertiary/aromatic N) is 1. The van der Waals surface area contributed by atoms with Crippen molar-refractivity contribution >= 4 is 23.2 Å². The van der Waals surface area contributed by atoms with Gasteiger partial charge in [-0.2, -0.15) is 0 Å². The van der Waals surface area contributed by atoms with E-state index in [0.717, 1.165) is 31.5 Å². The number of halogens is 3. The van der Waals surface area contributed by atoms with Crippen LogP contribution in [0.1, 0.15) is 31.2 Å². The maximum atomic E-state index is 13.4. The van der Waals surface area contributed by atoms with Crippen LogP contribution in [0, 0.1) is 5.82 Å². The minimum Gasteiger partial charge on any atom is -0.296 e. The average molecular weight is 290 g/mol. The number of benzene rings is 1. The van der Waals surface area contributed by atoms with E-state index in [1.807, 2.05) is 6.07 Å². The Kier molecular flexibility index (Phi) is 5.28. The number of alkyl halides is 1. The van der Waals surface area contributed by atoms with E-state index < -0.39 is 0 Å². The van der Waals surface area contributed by atoms with Gasteiger partial charge in [-0.15, -0.1) is 11.6 Å². The van der Waals surface area contributed by atoms with Gasteiger partial charge in [0, 0.05) is 18.5 Å². The monoisotopic (exact) mass is 289 g/mol. The zero-order valence-electron chi connectivity index (χ0n) is 10.3. The summed E-state index contributed by atoms with van der Waals surface area (Å²) in [5.74, 6) is 0.385. The Bertz CT molecular complexity index is 397. The third-order valence-electron chi connectivity index (χ3n) is 3.58. The summed E-state index contributed by atoms with van der Waals surface area (Å²) in [4.78, 5) is 2.40. The van der Waals surface area contributed by atoms with E-state index in [-0.39, 0.29) is 10.8 Å². The first kappa shape index (κ1) is 14.1. The first-order valence-corrected chi connectivity index (χ1v) is 7.36. The van der Waals surface area contributed by atoms with Crippen LogP contribution in [0.2, 0.25) is 5.02 Å². The molecule has 0 amide bonds. The van der Waals surface area contributed by atoms with E-state index in [0.29, 0.717) is 11.9 Å². The second-order valence-corrected chi connectivity index (χ2v) is 5.57. The second-order valence-electron chi connectivity index (χ2n) is 4.81. The van der Waals surface area contributed by atoms with Crippen molar-refractivity contribution in [3.63, 3.8) is 0 Å². The SMILES string of the molecule is Fc1cccc(CN2CCCC2CCCCl)c1Cl. The molecule has 0 N–H and O–H groups in total. The second kappa shape index (κ2) is 6.74. The van der Waals surface area contributed by atoms with Gasteiger partial charge in [-0.1, -0.05) is 23.7 Å². The standard InChI is InChI=1S/C14H18Cl2FN/c15-8-2-5-12-6-3-9-18(12)10-11-4-1-7-13(17)14(11)16/h1,4,7,12H,2-3,5-6,8-10H2. The topological polar surface area (TPSA) is 3.24 Å². The summed E-state index contributed by atoms with van der Waals surface area (Å²) in [6.45, 7) is 1.81. The zero-order chi connectivity index (χ0) is 13.0. The lowest BCUT2D eigenvalue weighted by Gasteiger charge is -2.24. The molecule has 0 aromatic heterocycles. The molecule has 1 aliphatic heterocycles. The van der Waals surface area contributed by atoms with Crippen molar-refractivity contribution in [1.82, 2.24) is 4.90 Å². The smallest absolute Gasteiger partial charge is 0.142 e. The molecule has 0 spiro atoms. The van der Waals surface area contributed by atoms with E-state index in [9.17, 15) is 4.39 Å².